The summed E-state index contributed by atoms with van der Waals surface area (Å²) in [5.74, 6) is -1.31. The SMILES string of the molecule is COC[C@H](NC(=O)N1CCC(C(F)(F)F)CC1)c1ccccc1. The van der Waals surface area contributed by atoms with Gasteiger partial charge in [-0.15, -0.1) is 0 Å². The summed E-state index contributed by atoms with van der Waals surface area (Å²) in [5, 5.41) is 2.84. The molecular weight excluding hydrogens is 309 g/mol. The molecule has 0 aromatic heterocycles. The zero-order chi connectivity index (χ0) is 16.9. The summed E-state index contributed by atoms with van der Waals surface area (Å²) < 4.78 is 43.1. The van der Waals surface area contributed by atoms with Crippen molar-refractivity contribution >= 4 is 6.03 Å². The molecule has 7 heteroatoms. The number of likely N-dealkylation sites (tertiary alicyclic amines) is 1. The van der Waals surface area contributed by atoms with Crippen LogP contribution in [0.15, 0.2) is 30.3 Å². The highest BCUT2D eigenvalue weighted by Crippen LogP contribution is 2.34. The minimum absolute atomic E-state index is 0.0444. The fraction of sp³-hybridized carbons (Fsp3) is 0.562. The molecule has 1 heterocycles. The van der Waals surface area contributed by atoms with E-state index in [1.807, 2.05) is 30.3 Å². The van der Waals surface area contributed by atoms with Crippen LogP contribution in [0.2, 0.25) is 0 Å². The van der Waals surface area contributed by atoms with E-state index in [1.165, 1.54) is 12.0 Å². The number of ether oxygens (including phenoxy) is 1. The third-order valence-electron chi connectivity index (χ3n) is 4.08. The summed E-state index contributed by atoms with van der Waals surface area (Å²) in [6.45, 7) is 0.532. The zero-order valence-electron chi connectivity index (χ0n) is 13.0. The lowest BCUT2D eigenvalue weighted by atomic mass is 9.96. The molecule has 4 nitrogen and oxygen atoms in total. The lowest BCUT2D eigenvalue weighted by Crippen LogP contribution is -2.47. The molecule has 23 heavy (non-hydrogen) atoms. The Morgan fingerprint density at radius 2 is 1.91 bits per heavy atom. The van der Waals surface area contributed by atoms with Gasteiger partial charge >= 0.3 is 12.2 Å². The molecule has 0 unspecified atom stereocenters. The van der Waals surface area contributed by atoms with E-state index in [0.717, 1.165) is 5.56 Å². The van der Waals surface area contributed by atoms with Crippen molar-refractivity contribution in [2.75, 3.05) is 26.8 Å². The summed E-state index contributed by atoms with van der Waals surface area (Å²) in [6, 6.07) is 8.67. The van der Waals surface area contributed by atoms with Crippen LogP contribution in [0.1, 0.15) is 24.4 Å². The molecule has 1 aromatic carbocycles. The second kappa shape index (κ2) is 7.68. The van der Waals surface area contributed by atoms with Gasteiger partial charge in [-0.25, -0.2) is 4.79 Å². The van der Waals surface area contributed by atoms with Crippen LogP contribution in [0.3, 0.4) is 0 Å². The van der Waals surface area contributed by atoms with Crippen LogP contribution in [-0.4, -0.2) is 43.9 Å². The molecule has 1 saturated heterocycles. The number of hydrogen-bond acceptors (Lipinski definition) is 2. The number of halogens is 3. The first-order valence-corrected chi connectivity index (χ1v) is 7.58. The minimum atomic E-state index is -4.18. The fourth-order valence-corrected chi connectivity index (χ4v) is 2.72. The van der Waals surface area contributed by atoms with Crippen molar-refractivity contribution in [3.05, 3.63) is 35.9 Å². The maximum atomic E-state index is 12.7. The zero-order valence-corrected chi connectivity index (χ0v) is 13.0. The summed E-state index contributed by atoms with van der Waals surface area (Å²) >= 11 is 0. The first-order chi connectivity index (χ1) is 10.9. The number of urea groups is 1. The molecule has 1 fully saturated rings. The Hall–Kier alpha value is -1.76. The van der Waals surface area contributed by atoms with Gasteiger partial charge in [0.25, 0.3) is 0 Å². The fourth-order valence-electron chi connectivity index (χ4n) is 2.72. The van der Waals surface area contributed by atoms with Gasteiger partial charge in [-0.3, -0.25) is 0 Å². The van der Waals surface area contributed by atoms with Crippen molar-refractivity contribution in [1.82, 2.24) is 10.2 Å². The quantitative estimate of drug-likeness (QED) is 0.920. The van der Waals surface area contributed by atoms with E-state index < -0.39 is 12.1 Å². The monoisotopic (exact) mass is 330 g/mol. The summed E-state index contributed by atoms with van der Waals surface area (Å²) in [6.07, 6.45) is -4.26. The van der Waals surface area contributed by atoms with Crippen molar-refractivity contribution in [2.45, 2.75) is 25.1 Å². The maximum absolute atomic E-state index is 12.7. The second-order valence-electron chi connectivity index (χ2n) is 5.67. The maximum Gasteiger partial charge on any atom is 0.391 e. The predicted molar refractivity (Wildman–Crippen MR) is 79.9 cm³/mol. The Bertz CT molecular complexity index is 500. The van der Waals surface area contributed by atoms with E-state index in [9.17, 15) is 18.0 Å². The van der Waals surface area contributed by atoms with Crippen LogP contribution in [0, 0.1) is 5.92 Å². The Kier molecular flexibility index (Phi) is 5.87. The first-order valence-electron chi connectivity index (χ1n) is 7.58. The van der Waals surface area contributed by atoms with Crippen LogP contribution in [0.4, 0.5) is 18.0 Å². The van der Waals surface area contributed by atoms with Gasteiger partial charge in [0.1, 0.15) is 0 Å². The Balaban J connectivity index is 1.93. The standard InChI is InChI=1S/C16H21F3N2O2/c1-23-11-14(12-5-3-2-4-6-12)20-15(22)21-9-7-13(8-10-21)16(17,18)19/h2-6,13-14H,7-11H2,1H3,(H,20,22)/t14-/m0/s1. The molecule has 0 aliphatic carbocycles. The Labute approximate surface area is 133 Å². The molecule has 1 N–H and O–H groups in total. The number of benzene rings is 1. The summed E-state index contributed by atoms with van der Waals surface area (Å²) in [7, 11) is 1.54. The highest BCUT2D eigenvalue weighted by atomic mass is 19.4. The van der Waals surface area contributed by atoms with Gasteiger partial charge in [-0.05, 0) is 18.4 Å². The van der Waals surface area contributed by atoms with Crippen molar-refractivity contribution < 1.29 is 22.7 Å². The van der Waals surface area contributed by atoms with Gasteiger partial charge < -0.3 is 15.0 Å². The van der Waals surface area contributed by atoms with E-state index in [4.69, 9.17) is 4.74 Å². The number of amides is 2. The van der Waals surface area contributed by atoms with Gasteiger partial charge in [0.2, 0.25) is 0 Å². The van der Waals surface area contributed by atoms with Gasteiger partial charge in [-0.1, -0.05) is 30.3 Å². The van der Waals surface area contributed by atoms with Crippen LogP contribution in [0.25, 0.3) is 0 Å². The molecule has 1 aromatic rings. The van der Waals surface area contributed by atoms with Crippen LogP contribution < -0.4 is 5.32 Å². The van der Waals surface area contributed by atoms with Crippen LogP contribution in [-0.2, 0) is 4.74 Å². The molecule has 1 aliphatic rings. The molecule has 1 atom stereocenters. The highest BCUT2D eigenvalue weighted by Gasteiger charge is 2.41. The van der Waals surface area contributed by atoms with Crippen molar-refractivity contribution in [3.63, 3.8) is 0 Å². The molecule has 1 aliphatic heterocycles. The number of carbonyl (C=O) groups excluding carboxylic acids is 1. The molecule has 0 radical (unpaired) electrons. The normalized spacial score (nSPS) is 17.8. The van der Waals surface area contributed by atoms with Crippen LogP contribution >= 0.6 is 0 Å². The number of nitrogens with one attached hydrogen (secondary N) is 1. The van der Waals surface area contributed by atoms with E-state index in [2.05, 4.69) is 5.32 Å². The number of hydrogen-bond donors (Lipinski definition) is 1. The highest BCUT2D eigenvalue weighted by molar-refractivity contribution is 5.74. The number of piperidine rings is 1. The minimum Gasteiger partial charge on any atom is -0.382 e. The van der Waals surface area contributed by atoms with Gasteiger partial charge in [-0.2, -0.15) is 13.2 Å². The largest absolute Gasteiger partial charge is 0.391 e. The molecule has 0 bridgehead atoms. The average Bonchev–Trinajstić information content (AvgIpc) is 2.54. The predicted octanol–water partition coefficient (Wildman–Crippen LogP) is 3.36. The third-order valence-corrected chi connectivity index (χ3v) is 4.08. The third kappa shape index (κ3) is 4.86. The van der Waals surface area contributed by atoms with Crippen LogP contribution in [0.5, 0.6) is 0 Å². The number of rotatable bonds is 4. The second-order valence-corrected chi connectivity index (χ2v) is 5.67. The number of nitrogens with zero attached hydrogens (tertiary/aromatic N) is 1. The van der Waals surface area contributed by atoms with E-state index in [0.29, 0.717) is 6.61 Å². The first kappa shape index (κ1) is 17.6. The number of methoxy groups -OCH3 is 1. The average molecular weight is 330 g/mol. The lowest BCUT2D eigenvalue weighted by Gasteiger charge is -2.34. The van der Waals surface area contributed by atoms with E-state index in [1.54, 1.807) is 0 Å². The van der Waals surface area contributed by atoms with Crippen molar-refractivity contribution in [3.8, 4) is 0 Å². The topological polar surface area (TPSA) is 41.6 Å². The summed E-state index contributed by atoms with van der Waals surface area (Å²) in [5.41, 5.74) is 0.896. The lowest BCUT2D eigenvalue weighted by molar-refractivity contribution is -0.183. The molecule has 0 saturated carbocycles. The van der Waals surface area contributed by atoms with Gasteiger partial charge in [0.05, 0.1) is 18.6 Å². The molecule has 128 valence electrons. The Morgan fingerprint density at radius 3 is 2.43 bits per heavy atom. The van der Waals surface area contributed by atoms with Crippen molar-refractivity contribution in [1.29, 1.82) is 0 Å². The number of carbonyl (C=O) groups is 1. The van der Waals surface area contributed by atoms with E-state index in [-0.39, 0.29) is 38.0 Å². The van der Waals surface area contributed by atoms with Gasteiger partial charge in [0, 0.05) is 20.2 Å². The molecule has 2 rings (SSSR count). The molecule has 0 spiro atoms. The number of alkyl halides is 3. The summed E-state index contributed by atoms with van der Waals surface area (Å²) in [4.78, 5) is 13.7. The molecule has 2 amide bonds. The molecular formula is C16H21F3N2O2. The smallest absolute Gasteiger partial charge is 0.382 e. The van der Waals surface area contributed by atoms with Gasteiger partial charge in [0.15, 0.2) is 0 Å². The Morgan fingerprint density at radius 1 is 1.30 bits per heavy atom. The van der Waals surface area contributed by atoms with Crippen molar-refractivity contribution in [2.24, 2.45) is 5.92 Å². The van der Waals surface area contributed by atoms with E-state index >= 15 is 0 Å².